The molecule has 7 heteroatoms. The van der Waals surface area contributed by atoms with E-state index in [4.69, 9.17) is 15.3 Å². The lowest BCUT2D eigenvalue weighted by Gasteiger charge is -2.32. The maximum Gasteiger partial charge on any atom is 0.261 e. The van der Waals surface area contributed by atoms with Crippen molar-refractivity contribution >= 4 is 11.7 Å². The van der Waals surface area contributed by atoms with E-state index in [0.29, 0.717) is 25.0 Å². The highest BCUT2D eigenvalue weighted by molar-refractivity contribution is 5.82. The first-order chi connectivity index (χ1) is 12.1. The Morgan fingerprint density at radius 1 is 1.36 bits per heavy atom. The Hall–Kier alpha value is -2.28. The van der Waals surface area contributed by atoms with Gasteiger partial charge in [0.15, 0.2) is 12.4 Å². The molecule has 3 N–H and O–H groups in total. The number of amides is 1. The molecule has 1 heterocycles. The number of methoxy groups -OCH3 is 1. The highest BCUT2D eigenvalue weighted by Crippen LogP contribution is 2.15. The minimum absolute atomic E-state index is 0.146. The van der Waals surface area contributed by atoms with Crippen molar-refractivity contribution in [3.63, 3.8) is 0 Å². The smallest absolute Gasteiger partial charge is 0.261 e. The van der Waals surface area contributed by atoms with Crippen molar-refractivity contribution in [1.82, 2.24) is 10.2 Å². The minimum Gasteiger partial charge on any atom is -0.497 e. The van der Waals surface area contributed by atoms with Crippen LogP contribution in [0.5, 0.6) is 5.75 Å². The van der Waals surface area contributed by atoms with Crippen LogP contribution < -0.4 is 15.8 Å². The van der Waals surface area contributed by atoms with Crippen molar-refractivity contribution in [3.05, 3.63) is 29.8 Å². The van der Waals surface area contributed by atoms with Crippen molar-refractivity contribution in [3.8, 4) is 5.75 Å². The summed E-state index contributed by atoms with van der Waals surface area (Å²) in [6.45, 7) is 4.08. The molecule has 1 aromatic rings. The second-order valence-electron chi connectivity index (χ2n) is 6.30. The number of nitrogens with two attached hydrogens (primary N) is 1. The van der Waals surface area contributed by atoms with Crippen LogP contribution in [0, 0.1) is 0 Å². The zero-order valence-electron chi connectivity index (χ0n) is 15.0. The number of carbonyl (C=O) groups excluding carboxylic acids is 1. The number of hydrogen-bond acceptors (Lipinski definition) is 5. The van der Waals surface area contributed by atoms with Gasteiger partial charge in [0.2, 0.25) is 0 Å². The predicted octanol–water partition coefficient (Wildman–Crippen LogP) is 1.47. The van der Waals surface area contributed by atoms with Crippen LogP contribution in [0.2, 0.25) is 0 Å². The average Bonchev–Trinajstić information content (AvgIpc) is 2.62. The molecular formula is C18H28N4O3. The van der Waals surface area contributed by atoms with Crippen LogP contribution in [0.25, 0.3) is 0 Å². The SMILES string of the molecule is COc1ccc(CNC(=O)CO/N=C(\N)CN2CCCCC2C)cc1. The molecule has 0 saturated carbocycles. The zero-order valence-corrected chi connectivity index (χ0v) is 15.0. The summed E-state index contributed by atoms with van der Waals surface area (Å²) in [5.41, 5.74) is 6.87. The Labute approximate surface area is 149 Å². The van der Waals surface area contributed by atoms with Gasteiger partial charge in [-0.2, -0.15) is 0 Å². The molecule has 1 aliphatic rings. The number of amidine groups is 1. The lowest BCUT2D eigenvalue weighted by Crippen LogP contribution is -2.43. The van der Waals surface area contributed by atoms with Crippen molar-refractivity contribution in [2.24, 2.45) is 10.9 Å². The number of nitrogens with one attached hydrogen (secondary N) is 1. The van der Waals surface area contributed by atoms with Crippen LogP contribution in [0.4, 0.5) is 0 Å². The van der Waals surface area contributed by atoms with Gasteiger partial charge in [-0.3, -0.25) is 9.69 Å². The van der Waals surface area contributed by atoms with Crippen LogP contribution in [0.1, 0.15) is 31.7 Å². The molecule has 25 heavy (non-hydrogen) atoms. The molecule has 0 spiro atoms. The molecule has 1 unspecified atom stereocenters. The van der Waals surface area contributed by atoms with Gasteiger partial charge in [0.25, 0.3) is 5.91 Å². The van der Waals surface area contributed by atoms with Gasteiger partial charge in [0.05, 0.1) is 13.7 Å². The van der Waals surface area contributed by atoms with Crippen molar-refractivity contribution < 1.29 is 14.4 Å². The first kappa shape index (κ1) is 19.1. The van der Waals surface area contributed by atoms with E-state index in [9.17, 15) is 4.79 Å². The first-order valence-electron chi connectivity index (χ1n) is 8.66. The van der Waals surface area contributed by atoms with Crippen molar-refractivity contribution in [2.75, 3.05) is 26.8 Å². The van der Waals surface area contributed by atoms with E-state index in [1.54, 1.807) is 7.11 Å². The molecule has 2 rings (SSSR count). The van der Waals surface area contributed by atoms with Crippen LogP contribution in [0.15, 0.2) is 29.4 Å². The van der Waals surface area contributed by atoms with Crippen LogP contribution in [-0.2, 0) is 16.2 Å². The molecule has 1 atom stereocenters. The largest absolute Gasteiger partial charge is 0.497 e. The first-order valence-corrected chi connectivity index (χ1v) is 8.66. The third-order valence-corrected chi connectivity index (χ3v) is 4.33. The van der Waals surface area contributed by atoms with Gasteiger partial charge >= 0.3 is 0 Å². The topological polar surface area (TPSA) is 89.2 Å². The van der Waals surface area contributed by atoms with Gasteiger partial charge in [0.1, 0.15) is 5.75 Å². The number of piperidine rings is 1. The summed E-state index contributed by atoms with van der Waals surface area (Å²) in [4.78, 5) is 19.1. The summed E-state index contributed by atoms with van der Waals surface area (Å²) in [5, 5.41) is 6.62. The summed E-state index contributed by atoms with van der Waals surface area (Å²) in [6, 6.07) is 8.01. The van der Waals surface area contributed by atoms with Crippen LogP contribution in [0.3, 0.4) is 0 Å². The van der Waals surface area contributed by atoms with Gasteiger partial charge in [0, 0.05) is 12.6 Å². The van der Waals surface area contributed by atoms with Gasteiger partial charge in [-0.05, 0) is 44.0 Å². The fourth-order valence-electron chi connectivity index (χ4n) is 2.80. The highest BCUT2D eigenvalue weighted by Gasteiger charge is 2.18. The summed E-state index contributed by atoms with van der Waals surface area (Å²) in [6.07, 6.45) is 3.63. The Bertz CT molecular complexity index is 574. The molecule has 138 valence electrons. The summed E-state index contributed by atoms with van der Waals surface area (Å²) < 4.78 is 5.09. The molecule has 1 amide bonds. The van der Waals surface area contributed by atoms with Gasteiger partial charge < -0.3 is 20.6 Å². The summed E-state index contributed by atoms with van der Waals surface area (Å²) in [7, 11) is 1.62. The number of hydrogen-bond donors (Lipinski definition) is 2. The quantitative estimate of drug-likeness (QED) is 0.422. The normalized spacial score (nSPS) is 18.6. The van der Waals surface area contributed by atoms with Gasteiger partial charge in [-0.15, -0.1) is 0 Å². The Morgan fingerprint density at radius 3 is 2.80 bits per heavy atom. The monoisotopic (exact) mass is 348 g/mol. The minimum atomic E-state index is -0.237. The molecule has 1 aromatic carbocycles. The van der Waals surface area contributed by atoms with Crippen molar-refractivity contribution in [2.45, 2.75) is 38.8 Å². The fourth-order valence-corrected chi connectivity index (χ4v) is 2.80. The third kappa shape index (κ3) is 6.62. The molecule has 0 aliphatic carbocycles. The van der Waals surface area contributed by atoms with E-state index in [1.807, 2.05) is 24.3 Å². The third-order valence-electron chi connectivity index (χ3n) is 4.33. The summed E-state index contributed by atoms with van der Waals surface area (Å²) >= 11 is 0. The number of carbonyl (C=O) groups is 1. The average molecular weight is 348 g/mol. The van der Waals surface area contributed by atoms with Crippen LogP contribution >= 0.6 is 0 Å². The number of oxime groups is 1. The Balaban J connectivity index is 1.66. The number of benzene rings is 1. The molecule has 7 nitrogen and oxygen atoms in total. The van der Waals surface area contributed by atoms with Crippen LogP contribution in [-0.4, -0.2) is 49.5 Å². The standard InChI is InChI=1S/C18H28N4O3/c1-14-5-3-4-10-22(14)12-17(19)21-25-13-18(23)20-11-15-6-8-16(24-2)9-7-15/h6-9,14H,3-5,10-13H2,1-2H3,(H2,19,21)(H,20,23). The molecule has 0 radical (unpaired) electrons. The fraction of sp³-hybridized carbons (Fsp3) is 0.556. The van der Waals surface area contributed by atoms with E-state index >= 15 is 0 Å². The molecule has 0 bridgehead atoms. The van der Waals surface area contributed by atoms with E-state index in [2.05, 4.69) is 22.3 Å². The molecular weight excluding hydrogens is 320 g/mol. The van der Waals surface area contributed by atoms with E-state index in [1.165, 1.54) is 19.3 Å². The number of rotatable bonds is 8. The maximum atomic E-state index is 11.8. The van der Waals surface area contributed by atoms with E-state index in [-0.39, 0.29) is 12.5 Å². The van der Waals surface area contributed by atoms with E-state index < -0.39 is 0 Å². The lowest BCUT2D eigenvalue weighted by molar-refractivity contribution is -0.125. The molecule has 1 saturated heterocycles. The second kappa shape index (κ2) is 9.88. The Morgan fingerprint density at radius 2 is 2.12 bits per heavy atom. The predicted molar refractivity (Wildman–Crippen MR) is 97.3 cm³/mol. The maximum absolute atomic E-state index is 11.8. The van der Waals surface area contributed by atoms with Crippen molar-refractivity contribution in [1.29, 1.82) is 0 Å². The van der Waals surface area contributed by atoms with Gasteiger partial charge in [-0.1, -0.05) is 23.7 Å². The zero-order chi connectivity index (χ0) is 18.1. The van der Waals surface area contributed by atoms with Gasteiger partial charge in [-0.25, -0.2) is 0 Å². The highest BCUT2D eigenvalue weighted by atomic mass is 16.6. The Kier molecular flexibility index (Phi) is 7.53. The molecule has 0 aromatic heterocycles. The number of likely N-dealkylation sites (tertiary alicyclic amines) is 1. The molecule has 1 fully saturated rings. The number of ether oxygens (including phenoxy) is 1. The lowest BCUT2D eigenvalue weighted by atomic mass is 10.0. The summed E-state index contributed by atoms with van der Waals surface area (Å²) in [5.74, 6) is 0.946. The second-order valence-corrected chi connectivity index (χ2v) is 6.30. The number of nitrogens with zero attached hydrogens (tertiary/aromatic N) is 2. The molecule has 1 aliphatic heterocycles. The van der Waals surface area contributed by atoms with E-state index in [0.717, 1.165) is 17.9 Å².